The van der Waals surface area contributed by atoms with Crippen molar-refractivity contribution in [1.29, 1.82) is 0 Å². The van der Waals surface area contributed by atoms with E-state index in [1.807, 2.05) is 51.1 Å². The number of hydrogen-bond donors (Lipinski definition) is 2. The number of urea groups is 1. The molecule has 0 fully saturated rings. The number of carbonyl (C=O) groups is 2. The van der Waals surface area contributed by atoms with Gasteiger partial charge in [0.2, 0.25) is 0 Å². The van der Waals surface area contributed by atoms with Gasteiger partial charge in [0.05, 0.1) is 5.56 Å². The molecule has 6 heteroatoms. The molecular formula is C22H28N2O3S. The molecule has 0 radical (unpaired) electrons. The predicted octanol–water partition coefficient (Wildman–Crippen LogP) is 6.01. The lowest BCUT2D eigenvalue weighted by atomic mass is 9.96. The third kappa shape index (κ3) is 5.35. The zero-order chi connectivity index (χ0) is 20.1. The number of thiophene rings is 1. The van der Waals surface area contributed by atoms with Crippen molar-refractivity contribution in [1.82, 2.24) is 0 Å². The molecular weight excluding hydrogens is 372 g/mol. The SMILES string of the molecule is CC(C)(C)OC(=O)c1c(NC(=O)Nc2ccccc2)sc2c1CCCCCC2. The summed E-state index contributed by atoms with van der Waals surface area (Å²) in [4.78, 5) is 26.7. The van der Waals surface area contributed by atoms with Crippen LogP contribution in [0.3, 0.4) is 0 Å². The van der Waals surface area contributed by atoms with E-state index in [1.165, 1.54) is 29.1 Å². The van der Waals surface area contributed by atoms with Crippen LogP contribution < -0.4 is 10.6 Å². The van der Waals surface area contributed by atoms with Gasteiger partial charge in [-0.15, -0.1) is 11.3 Å². The maximum atomic E-state index is 13.0. The molecule has 0 spiro atoms. The molecule has 2 aromatic rings. The summed E-state index contributed by atoms with van der Waals surface area (Å²) in [5, 5.41) is 6.28. The van der Waals surface area contributed by atoms with Crippen molar-refractivity contribution in [2.24, 2.45) is 0 Å². The first-order valence-corrected chi connectivity index (χ1v) is 10.7. The van der Waals surface area contributed by atoms with E-state index in [2.05, 4.69) is 10.6 Å². The second-order valence-corrected chi connectivity index (χ2v) is 9.17. The minimum absolute atomic E-state index is 0.356. The van der Waals surface area contributed by atoms with Crippen LogP contribution in [0, 0.1) is 0 Å². The molecule has 0 bridgehead atoms. The molecule has 0 unspecified atom stereocenters. The van der Waals surface area contributed by atoms with Gasteiger partial charge in [0.1, 0.15) is 10.6 Å². The largest absolute Gasteiger partial charge is 0.456 e. The maximum Gasteiger partial charge on any atom is 0.341 e. The second kappa shape index (κ2) is 8.78. The van der Waals surface area contributed by atoms with E-state index < -0.39 is 5.60 Å². The summed E-state index contributed by atoms with van der Waals surface area (Å²) in [6.45, 7) is 5.57. The number of rotatable bonds is 3. The summed E-state index contributed by atoms with van der Waals surface area (Å²) >= 11 is 1.50. The number of amides is 2. The fraction of sp³-hybridized carbons (Fsp3) is 0.455. The van der Waals surface area contributed by atoms with E-state index in [4.69, 9.17) is 4.74 Å². The van der Waals surface area contributed by atoms with Crippen LogP contribution >= 0.6 is 11.3 Å². The topological polar surface area (TPSA) is 67.4 Å². The summed E-state index contributed by atoms with van der Waals surface area (Å²) in [5.41, 5.74) is 1.69. The van der Waals surface area contributed by atoms with Gasteiger partial charge in [0.15, 0.2) is 0 Å². The first-order valence-electron chi connectivity index (χ1n) is 9.84. The lowest BCUT2D eigenvalue weighted by molar-refractivity contribution is 0.00700. The van der Waals surface area contributed by atoms with Crippen molar-refractivity contribution >= 4 is 34.0 Å². The lowest BCUT2D eigenvalue weighted by Crippen LogP contribution is -2.26. The first kappa shape index (κ1) is 20.4. The van der Waals surface area contributed by atoms with Crippen molar-refractivity contribution in [2.45, 2.75) is 64.9 Å². The molecule has 5 nitrogen and oxygen atoms in total. The number of para-hydroxylation sites is 1. The number of hydrogen-bond acceptors (Lipinski definition) is 4. The van der Waals surface area contributed by atoms with Crippen LogP contribution in [-0.2, 0) is 17.6 Å². The van der Waals surface area contributed by atoms with E-state index in [9.17, 15) is 9.59 Å². The summed E-state index contributed by atoms with van der Waals surface area (Å²) < 4.78 is 5.66. The van der Waals surface area contributed by atoms with Gasteiger partial charge >= 0.3 is 12.0 Å². The highest BCUT2D eigenvalue weighted by Crippen LogP contribution is 2.38. The molecule has 1 heterocycles. The van der Waals surface area contributed by atoms with Gasteiger partial charge in [-0.3, -0.25) is 5.32 Å². The fourth-order valence-electron chi connectivity index (χ4n) is 3.34. The van der Waals surface area contributed by atoms with Gasteiger partial charge in [0.25, 0.3) is 0 Å². The molecule has 1 aliphatic carbocycles. The minimum atomic E-state index is -0.586. The van der Waals surface area contributed by atoms with Gasteiger partial charge in [-0.2, -0.15) is 0 Å². The molecule has 1 aromatic heterocycles. The number of fused-ring (bicyclic) bond motifs is 1. The first-order chi connectivity index (χ1) is 13.3. The number of nitrogens with one attached hydrogen (secondary N) is 2. The number of anilines is 2. The van der Waals surface area contributed by atoms with Gasteiger partial charge < -0.3 is 10.1 Å². The normalized spacial score (nSPS) is 14.4. The van der Waals surface area contributed by atoms with Crippen molar-refractivity contribution < 1.29 is 14.3 Å². The van der Waals surface area contributed by atoms with Gasteiger partial charge in [0, 0.05) is 10.6 Å². The Labute approximate surface area is 170 Å². The molecule has 3 rings (SSSR count). The molecule has 28 heavy (non-hydrogen) atoms. The van der Waals surface area contributed by atoms with Crippen molar-refractivity contribution in [2.75, 3.05) is 10.6 Å². The zero-order valence-corrected chi connectivity index (χ0v) is 17.6. The molecule has 2 N–H and O–H groups in total. The van der Waals surface area contributed by atoms with Crippen LogP contribution in [0.1, 0.15) is 67.3 Å². The van der Waals surface area contributed by atoms with Gasteiger partial charge in [-0.25, -0.2) is 9.59 Å². The second-order valence-electron chi connectivity index (χ2n) is 8.07. The van der Waals surface area contributed by atoms with Crippen molar-refractivity contribution in [3.05, 3.63) is 46.3 Å². The molecule has 2 amide bonds. The highest BCUT2D eigenvalue weighted by molar-refractivity contribution is 7.17. The Balaban J connectivity index is 1.88. The third-order valence-electron chi connectivity index (χ3n) is 4.53. The predicted molar refractivity (Wildman–Crippen MR) is 114 cm³/mol. The monoisotopic (exact) mass is 400 g/mol. The number of carbonyl (C=O) groups excluding carboxylic acids is 2. The Bertz CT molecular complexity index is 837. The molecule has 0 saturated heterocycles. The molecule has 150 valence electrons. The average Bonchev–Trinajstić information content (AvgIpc) is 2.90. The summed E-state index contributed by atoms with van der Waals surface area (Å²) in [5.74, 6) is -0.361. The van der Waals surface area contributed by atoms with E-state index in [1.54, 1.807) is 0 Å². The average molecular weight is 401 g/mol. The third-order valence-corrected chi connectivity index (χ3v) is 5.74. The Kier molecular flexibility index (Phi) is 6.39. The van der Waals surface area contributed by atoms with Crippen LogP contribution in [0.25, 0.3) is 0 Å². The van der Waals surface area contributed by atoms with Crippen LogP contribution in [0.15, 0.2) is 30.3 Å². The number of ether oxygens (including phenoxy) is 1. The van der Waals surface area contributed by atoms with Gasteiger partial charge in [-0.1, -0.05) is 31.0 Å². The van der Waals surface area contributed by atoms with Crippen LogP contribution in [0.2, 0.25) is 0 Å². The Hall–Kier alpha value is -2.34. The fourth-order valence-corrected chi connectivity index (χ4v) is 4.61. The smallest absolute Gasteiger partial charge is 0.341 e. The number of aryl methyl sites for hydroxylation is 1. The van der Waals surface area contributed by atoms with Crippen molar-refractivity contribution in [3.8, 4) is 0 Å². The number of esters is 1. The van der Waals surface area contributed by atoms with E-state index in [0.29, 0.717) is 16.3 Å². The van der Waals surface area contributed by atoms with Gasteiger partial charge in [-0.05, 0) is 64.2 Å². The lowest BCUT2D eigenvalue weighted by Gasteiger charge is -2.20. The zero-order valence-electron chi connectivity index (χ0n) is 16.8. The highest BCUT2D eigenvalue weighted by atomic mass is 32.1. The Morgan fingerprint density at radius 1 is 0.964 bits per heavy atom. The highest BCUT2D eigenvalue weighted by Gasteiger charge is 2.29. The summed E-state index contributed by atoms with van der Waals surface area (Å²) in [6.07, 6.45) is 6.32. The summed E-state index contributed by atoms with van der Waals surface area (Å²) in [6, 6.07) is 8.90. The van der Waals surface area contributed by atoms with Crippen molar-refractivity contribution in [3.63, 3.8) is 0 Å². The molecule has 0 atom stereocenters. The molecule has 0 aliphatic heterocycles. The standard InChI is InChI=1S/C22H28N2O3S/c1-22(2,3)27-20(25)18-16-13-9-4-5-10-14-17(16)28-19(18)24-21(26)23-15-11-7-6-8-12-15/h6-8,11-12H,4-5,9-10,13-14H2,1-3H3,(H2,23,24,26). The van der Waals surface area contributed by atoms with E-state index in [0.717, 1.165) is 31.2 Å². The van der Waals surface area contributed by atoms with E-state index >= 15 is 0 Å². The van der Waals surface area contributed by atoms with Crippen LogP contribution in [-0.4, -0.2) is 17.6 Å². The Morgan fingerprint density at radius 2 is 1.64 bits per heavy atom. The minimum Gasteiger partial charge on any atom is -0.456 e. The maximum absolute atomic E-state index is 13.0. The van der Waals surface area contributed by atoms with E-state index in [-0.39, 0.29) is 12.0 Å². The molecule has 1 aliphatic rings. The Morgan fingerprint density at radius 3 is 2.32 bits per heavy atom. The molecule has 1 aromatic carbocycles. The quantitative estimate of drug-likeness (QED) is 0.620. The number of benzene rings is 1. The summed E-state index contributed by atoms with van der Waals surface area (Å²) in [7, 11) is 0. The van der Waals surface area contributed by atoms with Crippen LogP contribution in [0.4, 0.5) is 15.5 Å². The molecule has 0 saturated carbocycles. The van der Waals surface area contributed by atoms with Crippen LogP contribution in [0.5, 0.6) is 0 Å².